The maximum absolute atomic E-state index is 13.0. The van der Waals surface area contributed by atoms with Gasteiger partial charge in [0.2, 0.25) is 5.91 Å². The number of hydrogen-bond acceptors (Lipinski definition) is 8. The van der Waals surface area contributed by atoms with E-state index < -0.39 is 4.92 Å². The summed E-state index contributed by atoms with van der Waals surface area (Å²) in [5.41, 5.74) is 2.04. The van der Waals surface area contributed by atoms with Crippen LogP contribution in [0.2, 0.25) is 0 Å². The SMILES string of the molecule is COc1ccc([N+](=O)[O-])cc1NC(=O)C1CCCN(c2cc(-n3nc(C)cc3C)ncn2)C1. The lowest BCUT2D eigenvalue weighted by Crippen LogP contribution is -2.41. The first-order chi connectivity index (χ1) is 15.9. The van der Waals surface area contributed by atoms with E-state index in [9.17, 15) is 14.9 Å². The molecule has 0 bridgehead atoms. The van der Waals surface area contributed by atoms with Crippen LogP contribution in [0.1, 0.15) is 24.2 Å². The van der Waals surface area contributed by atoms with Crippen LogP contribution in [0.5, 0.6) is 5.75 Å². The fourth-order valence-electron chi connectivity index (χ4n) is 4.03. The minimum absolute atomic E-state index is 0.117. The van der Waals surface area contributed by atoms with Crippen LogP contribution in [0, 0.1) is 29.9 Å². The number of carbonyl (C=O) groups is 1. The van der Waals surface area contributed by atoms with Crippen molar-refractivity contribution in [3.05, 3.63) is 58.2 Å². The number of nitrogens with one attached hydrogen (secondary N) is 1. The lowest BCUT2D eigenvalue weighted by molar-refractivity contribution is -0.384. The fraction of sp³-hybridized carbons (Fsp3) is 0.364. The summed E-state index contributed by atoms with van der Waals surface area (Å²) in [5, 5.41) is 18.4. The van der Waals surface area contributed by atoms with Crippen LogP contribution >= 0.6 is 0 Å². The first-order valence-electron chi connectivity index (χ1n) is 10.6. The van der Waals surface area contributed by atoms with E-state index in [2.05, 4.69) is 25.3 Å². The van der Waals surface area contributed by atoms with E-state index in [-0.39, 0.29) is 23.2 Å². The number of carbonyl (C=O) groups excluding carboxylic acids is 1. The Morgan fingerprint density at radius 1 is 1.21 bits per heavy atom. The molecule has 11 heteroatoms. The molecular formula is C22H25N7O4. The molecule has 1 aliphatic rings. The first-order valence-corrected chi connectivity index (χ1v) is 10.6. The molecule has 1 saturated heterocycles. The molecule has 3 heterocycles. The van der Waals surface area contributed by atoms with Gasteiger partial charge in [-0.25, -0.2) is 14.6 Å². The predicted molar refractivity (Wildman–Crippen MR) is 122 cm³/mol. The topological polar surface area (TPSA) is 128 Å². The molecule has 11 nitrogen and oxygen atoms in total. The van der Waals surface area contributed by atoms with Crippen LogP contribution in [0.25, 0.3) is 5.82 Å². The zero-order chi connectivity index (χ0) is 23.5. The van der Waals surface area contributed by atoms with Crippen LogP contribution in [-0.2, 0) is 4.79 Å². The van der Waals surface area contributed by atoms with Gasteiger partial charge in [0, 0.05) is 37.0 Å². The highest BCUT2D eigenvalue weighted by Crippen LogP contribution is 2.30. The van der Waals surface area contributed by atoms with E-state index in [1.807, 2.05) is 26.0 Å². The Morgan fingerprint density at radius 3 is 2.70 bits per heavy atom. The quantitative estimate of drug-likeness (QED) is 0.447. The predicted octanol–water partition coefficient (Wildman–Crippen LogP) is 3.05. The Morgan fingerprint density at radius 2 is 2.00 bits per heavy atom. The first kappa shape index (κ1) is 22.2. The number of nitro benzene ring substituents is 1. The number of nitrogens with zero attached hydrogens (tertiary/aromatic N) is 6. The second-order valence-corrected chi connectivity index (χ2v) is 7.99. The van der Waals surface area contributed by atoms with Crippen molar-refractivity contribution in [2.24, 2.45) is 5.92 Å². The summed E-state index contributed by atoms with van der Waals surface area (Å²) < 4.78 is 7.02. The molecule has 0 spiro atoms. The van der Waals surface area contributed by atoms with Gasteiger partial charge in [-0.05, 0) is 38.8 Å². The van der Waals surface area contributed by atoms with Crippen LogP contribution < -0.4 is 15.0 Å². The Labute approximate surface area is 190 Å². The van der Waals surface area contributed by atoms with Gasteiger partial charge in [-0.3, -0.25) is 14.9 Å². The molecule has 1 atom stereocenters. The molecule has 3 aromatic rings. The van der Waals surface area contributed by atoms with Crippen LogP contribution in [0.15, 0.2) is 36.7 Å². The van der Waals surface area contributed by atoms with Crippen molar-refractivity contribution in [2.75, 3.05) is 30.4 Å². The molecule has 0 saturated carbocycles. The van der Waals surface area contributed by atoms with E-state index >= 15 is 0 Å². The summed E-state index contributed by atoms with van der Waals surface area (Å²) in [6.07, 6.45) is 3.01. The lowest BCUT2D eigenvalue weighted by atomic mass is 9.97. The van der Waals surface area contributed by atoms with E-state index in [0.717, 1.165) is 30.2 Å². The summed E-state index contributed by atoms with van der Waals surface area (Å²) >= 11 is 0. The Hall–Kier alpha value is -4.02. The molecular weight excluding hydrogens is 426 g/mol. The Bertz CT molecular complexity index is 1190. The van der Waals surface area contributed by atoms with Crippen molar-refractivity contribution >= 4 is 23.1 Å². The van der Waals surface area contributed by atoms with Gasteiger partial charge in [-0.15, -0.1) is 0 Å². The number of hydrogen-bond donors (Lipinski definition) is 1. The number of rotatable bonds is 6. The number of piperidine rings is 1. The molecule has 1 fully saturated rings. The third-order valence-corrected chi connectivity index (χ3v) is 5.63. The summed E-state index contributed by atoms with van der Waals surface area (Å²) in [6, 6.07) is 7.96. The number of anilines is 2. The second-order valence-electron chi connectivity index (χ2n) is 7.99. The molecule has 172 valence electrons. The molecule has 33 heavy (non-hydrogen) atoms. The highest BCUT2D eigenvalue weighted by molar-refractivity contribution is 5.94. The largest absolute Gasteiger partial charge is 0.495 e. The number of methoxy groups -OCH3 is 1. The van der Waals surface area contributed by atoms with E-state index in [0.29, 0.717) is 24.5 Å². The number of benzene rings is 1. The molecule has 0 aliphatic carbocycles. The summed E-state index contributed by atoms with van der Waals surface area (Å²) in [5.74, 6) is 1.23. The summed E-state index contributed by atoms with van der Waals surface area (Å²) in [4.78, 5) is 34.4. The average Bonchev–Trinajstić information content (AvgIpc) is 3.17. The van der Waals surface area contributed by atoms with Crippen LogP contribution in [0.4, 0.5) is 17.2 Å². The van der Waals surface area contributed by atoms with Gasteiger partial charge in [0.25, 0.3) is 5.69 Å². The van der Waals surface area contributed by atoms with Gasteiger partial charge in [0.15, 0.2) is 5.82 Å². The lowest BCUT2D eigenvalue weighted by Gasteiger charge is -2.33. The zero-order valence-electron chi connectivity index (χ0n) is 18.7. The molecule has 0 radical (unpaired) electrons. The minimum Gasteiger partial charge on any atom is -0.495 e. The van der Waals surface area contributed by atoms with Gasteiger partial charge in [0.1, 0.15) is 17.9 Å². The molecule has 1 N–H and O–H groups in total. The van der Waals surface area contributed by atoms with Crippen molar-refractivity contribution in [3.63, 3.8) is 0 Å². The molecule has 1 aromatic carbocycles. The average molecular weight is 451 g/mol. The van der Waals surface area contributed by atoms with Crippen molar-refractivity contribution in [1.29, 1.82) is 0 Å². The van der Waals surface area contributed by atoms with E-state index in [4.69, 9.17) is 4.74 Å². The van der Waals surface area contributed by atoms with Crippen LogP contribution in [-0.4, -0.2) is 50.8 Å². The minimum atomic E-state index is -0.507. The molecule has 2 aromatic heterocycles. The third-order valence-electron chi connectivity index (χ3n) is 5.63. The molecule has 1 unspecified atom stereocenters. The highest BCUT2D eigenvalue weighted by Gasteiger charge is 2.28. The van der Waals surface area contributed by atoms with Gasteiger partial charge < -0.3 is 15.0 Å². The molecule has 1 aliphatic heterocycles. The van der Waals surface area contributed by atoms with Crippen molar-refractivity contribution < 1.29 is 14.5 Å². The normalized spacial score (nSPS) is 15.8. The number of aryl methyl sites for hydroxylation is 2. The standard InChI is InChI=1S/C22H25N7O4/c1-14-9-15(2)28(26-14)21-11-20(23-13-24-21)27-8-4-5-16(12-27)22(30)25-18-10-17(29(31)32)6-7-19(18)33-3/h6-7,9-11,13,16H,4-5,8,12H2,1-3H3,(H,25,30). The van der Waals surface area contributed by atoms with E-state index in [1.54, 1.807) is 4.68 Å². The number of non-ortho nitro benzene ring substituents is 1. The highest BCUT2D eigenvalue weighted by atomic mass is 16.6. The van der Waals surface area contributed by atoms with Crippen molar-refractivity contribution in [3.8, 4) is 11.6 Å². The smallest absolute Gasteiger partial charge is 0.271 e. The Balaban J connectivity index is 1.51. The third kappa shape index (κ3) is 4.76. The number of amides is 1. The monoisotopic (exact) mass is 451 g/mol. The number of nitro groups is 1. The maximum Gasteiger partial charge on any atom is 0.271 e. The van der Waals surface area contributed by atoms with Crippen molar-refractivity contribution in [1.82, 2.24) is 19.7 Å². The number of aromatic nitrogens is 4. The Kier molecular flexibility index (Phi) is 6.20. The number of ether oxygens (including phenoxy) is 1. The summed E-state index contributed by atoms with van der Waals surface area (Å²) in [6.45, 7) is 5.12. The molecule has 4 rings (SSSR count). The van der Waals surface area contributed by atoms with Gasteiger partial charge >= 0.3 is 0 Å². The second kappa shape index (κ2) is 9.23. The zero-order valence-corrected chi connectivity index (χ0v) is 18.7. The maximum atomic E-state index is 13.0. The van der Waals surface area contributed by atoms with Gasteiger partial charge in [-0.2, -0.15) is 5.10 Å². The van der Waals surface area contributed by atoms with Crippen molar-refractivity contribution in [2.45, 2.75) is 26.7 Å². The van der Waals surface area contributed by atoms with Gasteiger partial charge in [-0.1, -0.05) is 0 Å². The fourth-order valence-corrected chi connectivity index (χ4v) is 4.03. The van der Waals surface area contributed by atoms with E-state index in [1.165, 1.54) is 31.6 Å². The van der Waals surface area contributed by atoms with Gasteiger partial charge in [0.05, 0.1) is 29.3 Å². The summed E-state index contributed by atoms with van der Waals surface area (Å²) in [7, 11) is 1.45. The van der Waals surface area contributed by atoms with Crippen LogP contribution in [0.3, 0.4) is 0 Å². The molecule has 1 amide bonds.